The van der Waals surface area contributed by atoms with Crippen LogP contribution in [0.25, 0.3) is 10.9 Å². The van der Waals surface area contributed by atoms with Gasteiger partial charge in [0.25, 0.3) is 5.91 Å². The minimum atomic E-state index is -4.77. The van der Waals surface area contributed by atoms with E-state index in [9.17, 15) is 27.9 Å². The molecule has 0 unspecified atom stereocenters. The molecule has 1 aromatic heterocycles. The number of nitrogens with two attached hydrogens (primary N) is 1. The second-order valence-corrected chi connectivity index (χ2v) is 6.13. The Hall–Kier alpha value is -3.89. The largest absolute Gasteiger partial charge is 0.497 e. The van der Waals surface area contributed by atoms with Gasteiger partial charge in [-0.2, -0.15) is 13.2 Å². The molecule has 3 aromatic rings. The number of alkyl halides is 3. The van der Waals surface area contributed by atoms with E-state index in [0.717, 1.165) is 7.11 Å². The number of aromatic hydroxyl groups is 1. The number of nitrogens with zero attached hydrogens (tertiary/aromatic N) is 1. The number of hydrogen-bond donors (Lipinski definition) is 3. The molecule has 0 atom stereocenters. The van der Waals surface area contributed by atoms with Crippen LogP contribution in [0.5, 0.6) is 17.4 Å². The molecule has 0 aliphatic heterocycles. The number of primary amides is 1. The molecule has 0 saturated heterocycles. The number of halogens is 3. The molecule has 0 bridgehead atoms. The van der Waals surface area contributed by atoms with Crippen molar-refractivity contribution < 1.29 is 37.3 Å². The van der Waals surface area contributed by atoms with E-state index >= 15 is 0 Å². The van der Waals surface area contributed by atoms with Gasteiger partial charge in [-0.25, -0.2) is 9.36 Å². The van der Waals surface area contributed by atoms with Crippen molar-refractivity contribution in [3.05, 3.63) is 47.5 Å². The third kappa shape index (κ3) is 3.56. The normalized spacial score (nSPS) is 11.4. The zero-order valence-corrected chi connectivity index (χ0v) is 15.7. The monoisotopic (exact) mass is 423 g/mol. The number of aromatic nitrogens is 1. The van der Waals surface area contributed by atoms with Crippen molar-refractivity contribution in [3.63, 3.8) is 0 Å². The van der Waals surface area contributed by atoms with Crippen LogP contribution < -0.4 is 20.5 Å². The molecule has 158 valence electrons. The van der Waals surface area contributed by atoms with Crippen molar-refractivity contribution in [2.75, 3.05) is 19.5 Å². The summed E-state index contributed by atoms with van der Waals surface area (Å²) in [6, 6.07) is 6.15. The van der Waals surface area contributed by atoms with Crippen molar-refractivity contribution >= 4 is 28.5 Å². The molecule has 2 amide bonds. The summed E-state index contributed by atoms with van der Waals surface area (Å²) in [5, 5.41) is 12.6. The molecule has 4 N–H and O–H groups in total. The first-order valence-electron chi connectivity index (χ1n) is 8.36. The van der Waals surface area contributed by atoms with Crippen molar-refractivity contribution in [1.29, 1.82) is 0 Å². The van der Waals surface area contributed by atoms with Gasteiger partial charge < -0.3 is 25.6 Å². The van der Waals surface area contributed by atoms with E-state index in [-0.39, 0.29) is 16.6 Å². The number of nitrogens with one attached hydrogen (secondary N) is 1. The minimum Gasteiger partial charge on any atom is -0.497 e. The number of benzene rings is 2. The number of ether oxygens (including phenoxy) is 2. The Morgan fingerprint density at radius 2 is 1.73 bits per heavy atom. The van der Waals surface area contributed by atoms with Gasteiger partial charge >= 0.3 is 12.2 Å². The quantitative estimate of drug-likeness (QED) is 0.593. The number of rotatable bonds is 4. The summed E-state index contributed by atoms with van der Waals surface area (Å²) in [7, 11) is 2.54. The molecule has 1 heterocycles. The van der Waals surface area contributed by atoms with E-state index in [1.807, 2.05) is 0 Å². The Balaban J connectivity index is 2.22. The summed E-state index contributed by atoms with van der Waals surface area (Å²) in [5.41, 5.74) is 3.58. The van der Waals surface area contributed by atoms with Crippen LogP contribution in [0.15, 0.2) is 36.4 Å². The molecule has 0 spiro atoms. The molecular weight excluding hydrogens is 407 g/mol. The van der Waals surface area contributed by atoms with E-state index in [1.54, 1.807) is 12.1 Å². The van der Waals surface area contributed by atoms with Crippen molar-refractivity contribution in [3.8, 4) is 17.4 Å². The zero-order chi connectivity index (χ0) is 22.2. The maximum atomic E-state index is 13.3. The standard InChI is InChI=1S/C19H16F3N3O5/c1-29-11-5-3-10(4-6-11)24-16(26)14-12-7-9(19(20,21)22)8-13(30-2)15(12)25(17(14)27)18(23)28/h3-8,27H,1-2H3,(H2,23,28)(H,24,26). The van der Waals surface area contributed by atoms with Gasteiger partial charge in [0.1, 0.15) is 22.6 Å². The highest BCUT2D eigenvalue weighted by Gasteiger charge is 2.35. The Labute approximate surface area is 167 Å². The van der Waals surface area contributed by atoms with Crippen LogP contribution in [0.4, 0.5) is 23.7 Å². The summed E-state index contributed by atoms with van der Waals surface area (Å²) in [5.74, 6) is -1.75. The molecule has 2 aromatic carbocycles. The average Bonchev–Trinajstić information content (AvgIpc) is 2.99. The average molecular weight is 423 g/mol. The SMILES string of the molecule is COc1ccc(NC(=O)c2c(O)n(C(N)=O)c3c(OC)cc(C(F)(F)F)cc23)cc1. The van der Waals surface area contributed by atoms with E-state index in [4.69, 9.17) is 15.2 Å². The number of fused-ring (bicyclic) bond motifs is 1. The van der Waals surface area contributed by atoms with Gasteiger partial charge in [-0.05, 0) is 36.4 Å². The predicted octanol–water partition coefficient (Wildman–Crippen LogP) is 3.56. The third-order valence-electron chi connectivity index (χ3n) is 4.35. The lowest BCUT2D eigenvalue weighted by Crippen LogP contribution is -2.19. The van der Waals surface area contributed by atoms with Crippen LogP contribution in [0.2, 0.25) is 0 Å². The Kier molecular flexibility index (Phi) is 5.21. The summed E-state index contributed by atoms with van der Waals surface area (Å²) in [6.07, 6.45) is -4.77. The first-order valence-corrected chi connectivity index (χ1v) is 8.36. The number of amides is 2. The van der Waals surface area contributed by atoms with Crippen LogP contribution in [0.3, 0.4) is 0 Å². The van der Waals surface area contributed by atoms with Crippen LogP contribution in [0, 0.1) is 0 Å². The highest BCUT2D eigenvalue weighted by atomic mass is 19.4. The number of methoxy groups -OCH3 is 2. The minimum absolute atomic E-state index is 0.268. The summed E-state index contributed by atoms with van der Waals surface area (Å²) < 4.78 is 50.4. The van der Waals surface area contributed by atoms with Gasteiger partial charge in [0.2, 0.25) is 5.88 Å². The van der Waals surface area contributed by atoms with Gasteiger partial charge in [0.15, 0.2) is 0 Å². The summed E-state index contributed by atoms with van der Waals surface area (Å²) in [6.45, 7) is 0. The Morgan fingerprint density at radius 1 is 1.10 bits per heavy atom. The maximum absolute atomic E-state index is 13.3. The van der Waals surface area contributed by atoms with Crippen molar-refractivity contribution in [2.45, 2.75) is 6.18 Å². The fourth-order valence-electron chi connectivity index (χ4n) is 2.99. The first kappa shape index (κ1) is 20.8. The van der Waals surface area contributed by atoms with Gasteiger partial charge in [-0.1, -0.05) is 0 Å². The molecule has 3 rings (SSSR count). The summed E-state index contributed by atoms with van der Waals surface area (Å²) in [4.78, 5) is 24.7. The maximum Gasteiger partial charge on any atom is 0.416 e. The van der Waals surface area contributed by atoms with E-state index in [2.05, 4.69) is 5.32 Å². The fraction of sp³-hybridized carbons (Fsp3) is 0.158. The fourth-order valence-corrected chi connectivity index (χ4v) is 2.99. The Bertz CT molecular complexity index is 1140. The second kappa shape index (κ2) is 7.50. The molecule has 8 nitrogen and oxygen atoms in total. The molecule has 11 heteroatoms. The molecule has 0 aliphatic rings. The van der Waals surface area contributed by atoms with E-state index in [1.165, 1.54) is 19.2 Å². The van der Waals surface area contributed by atoms with Crippen molar-refractivity contribution in [2.24, 2.45) is 5.73 Å². The number of hydrogen-bond acceptors (Lipinski definition) is 5. The molecule has 0 aliphatic carbocycles. The zero-order valence-electron chi connectivity index (χ0n) is 15.7. The molecule has 0 saturated carbocycles. The molecular formula is C19H16F3N3O5. The van der Waals surface area contributed by atoms with Crippen LogP contribution >= 0.6 is 0 Å². The first-order chi connectivity index (χ1) is 14.1. The smallest absolute Gasteiger partial charge is 0.416 e. The number of anilines is 1. The Morgan fingerprint density at radius 3 is 2.23 bits per heavy atom. The van der Waals surface area contributed by atoms with Crippen LogP contribution in [0.1, 0.15) is 15.9 Å². The molecule has 0 radical (unpaired) electrons. The van der Waals surface area contributed by atoms with Crippen LogP contribution in [-0.4, -0.2) is 35.8 Å². The van der Waals surface area contributed by atoms with Crippen molar-refractivity contribution in [1.82, 2.24) is 4.57 Å². The lowest BCUT2D eigenvalue weighted by Gasteiger charge is -2.11. The lowest BCUT2D eigenvalue weighted by molar-refractivity contribution is -0.137. The lowest BCUT2D eigenvalue weighted by atomic mass is 10.1. The van der Waals surface area contributed by atoms with Gasteiger partial charge in [-0.3, -0.25) is 4.79 Å². The van der Waals surface area contributed by atoms with E-state index in [0.29, 0.717) is 22.4 Å². The molecule has 0 fully saturated rings. The predicted molar refractivity (Wildman–Crippen MR) is 101 cm³/mol. The molecule has 30 heavy (non-hydrogen) atoms. The number of carbonyl (C=O) groups is 2. The highest BCUT2D eigenvalue weighted by Crippen LogP contribution is 2.41. The van der Waals surface area contributed by atoms with E-state index < -0.39 is 40.9 Å². The second-order valence-electron chi connectivity index (χ2n) is 6.13. The van der Waals surface area contributed by atoms with Gasteiger partial charge in [-0.15, -0.1) is 0 Å². The van der Waals surface area contributed by atoms with Crippen LogP contribution in [-0.2, 0) is 6.18 Å². The highest BCUT2D eigenvalue weighted by molar-refractivity contribution is 6.17. The summed E-state index contributed by atoms with van der Waals surface area (Å²) >= 11 is 0. The van der Waals surface area contributed by atoms with Gasteiger partial charge in [0, 0.05) is 11.1 Å². The number of carbonyl (C=O) groups excluding carboxylic acids is 2. The van der Waals surface area contributed by atoms with Gasteiger partial charge in [0.05, 0.1) is 19.8 Å². The third-order valence-corrected chi connectivity index (χ3v) is 4.35. The topological polar surface area (TPSA) is 116 Å².